The quantitative estimate of drug-likeness (QED) is 0.240. The molecule has 2 aromatic heterocycles. The Morgan fingerprint density at radius 1 is 0.878 bits per heavy atom. The number of hydrogen-bond donors (Lipinski definition) is 1. The van der Waals surface area contributed by atoms with Crippen molar-refractivity contribution >= 4 is 40.3 Å². The van der Waals surface area contributed by atoms with Crippen LogP contribution < -0.4 is 15.1 Å². The van der Waals surface area contributed by atoms with Gasteiger partial charge in [0.2, 0.25) is 0 Å². The minimum absolute atomic E-state index is 0.0991. The lowest BCUT2D eigenvalue weighted by atomic mass is 9.91. The highest BCUT2D eigenvalue weighted by atomic mass is 35.5. The average Bonchev–Trinajstić information content (AvgIpc) is 3.40. The fraction of sp³-hybridized carbons (Fsp3) is 0.353. The Morgan fingerprint density at radius 2 is 1.59 bits per heavy atom. The van der Waals surface area contributed by atoms with Gasteiger partial charge in [-0.2, -0.15) is 0 Å². The number of anilines is 2. The molecule has 2 saturated heterocycles. The molecule has 2 fully saturated rings. The number of nitrogens with one attached hydrogen (secondary N) is 1. The summed E-state index contributed by atoms with van der Waals surface area (Å²) in [6.45, 7) is 13.4. The Balaban J connectivity index is 1.47. The van der Waals surface area contributed by atoms with Crippen LogP contribution in [0.2, 0.25) is 5.02 Å². The fourth-order valence-electron chi connectivity index (χ4n) is 7.09. The lowest BCUT2D eigenvalue weighted by Gasteiger charge is -2.37. The highest BCUT2D eigenvalue weighted by molar-refractivity contribution is 7.80. The van der Waals surface area contributed by atoms with Crippen LogP contribution in [0.1, 0.15) is 60.6 Å². The van der Waals surface area contributed by atoms with E-state index < -0.39 is 0 Å². The maximum Gasteiger partial charge on any atom is 0.174 e. The SMILES string of the molecule is Cc1c([C@@H]2[C@H](c3ccccn3)NC(=S)N2c2ccc(N3C[C@H](C)C[C@H](C)C3)c(Cl)c2)c(C)n(-c2ccccc2)c1C. The maximum absolute atomic E-state index is 7.05. The van der Waals surface area contributed by atoms with Gasteiger partial charge in [-0.3, -0.25) is 4.98 Å². The molecule has 212 valence electrons. The summed E-state index contributed by atoms with van der Waals surface area (Å²) in [4.78, 5) is 9.45. The minimum Gasteiger partial charge on any atom is -0.370 e. The van der Waals surface area contributed by atoms with E-state index in [1.54, 1.807) is 0 Å². The molecule has 2 aliphatic rings. The summed E-state index contributed by atoms with van der Waals surface area (Å²) in [5.41, 5.74) is 9.15. The molecular weight excluding hydrogens is 546 g/mol. The van der Waals surface area contributed by atoms with Crippen LogP contribution in [-0.4, -0.2) is 27.8 Å². The predicted octanol–water partition coefficient (Wildman–Crippen LogP) is 8.11. The van der Waals surface area contributed by atoms with Crippen molar-refractivity contribution in [2.45, 2.75) is 53.1 Å². The molecule has 0 unspecified atom stereocenters. The van der Waals surface area contributed by atoms with Gasteiger partial charge in [-0.1, -0.05) is 49.7 Å². The fourth-order valence-corrected chi connectivity index (χ4v) is 7.73. The molecule has 0 spiro atoms. The zero-order valence-corrected chi connectivity index (χ0v) is 26.0. The monoisotopic (exact) mass is 583 g/mol. The molecule has 4 heterocycles. The summed E-state index contributed by atoms with van der Waals surface area (Å²) in [7, 11) is 0. The number of para-hydroxylation sites is 1. The Kier molecular flexibility index (Phi) is 7.56. The van der Waals surface area contributed by atoms with Crippen molar-refractivity contribution in [2.75, 3.05) is 22.9 Å². The van der Waals surface area contributed by atoms with Crippen molar-refractivity contribution in [1.29, 1.82) is 0 Å². The number of rotatable bonds is 5. The number of benzene rings is 2. The third-order valence-corrected chi connectivity index (χ3v) is 9.45. The molecule has 1 N–H and O–H groups in total. The van der Waals surface area contributed by atoms with Gasteiger partial charge < -0.3 is 19.7 Å². The van der Waals surface area contributed by atoms with Crippen LogP contribution >= 0.6 is 23.8 Å². The third-order valence-electron chi connectivity index (χ3n) is 8.83. The van der Waals surface area contributed by atoms with E-state index in [-0.39, 0.29) is 12.1 Å². The van der Waals surface area contributed by atoms with E-state index >= 15 is 0 Å². The zero-order valence-electron chi connectivity index (χ0n) is 24.4. The number of aromatic nitrogens is 2. The van der Waals surface area contributed by atoms with E-state index in [4.69, 9.17) is 28.8 Å². The molecule has 2 aromatic carbocycles. The lowest BCUT2D eigenvalue weighted by Crippen LogP contribution is -2.38. The summed E-state index contributed by atoms with van der Waals surface area (Å²) >= 11 is 13.1. The summed E-state index contributed by atoms with van der Waals surface area (Å²) in [6.07, 6.45) is 3.11. The highest BCUT2D eigenvalue weighted by Crippen LogP contribution is 2.46. The van der Waals surface area contributed by atoms with E-state index in [2.05, 4.69) is 109 Å². The molecule has 0 radical (unpaired) electrons. The molecule has 0 saturated carbocycles. The van der Waals surface area contributed by atoms with Gasteiger partial charge in [0.05, 0.1) is 28.5 Å². The topological polar surface area (TPSA) is 36.3 Å². The van der Waals surface area contributed by atoms with Gasteiger partial charge in [0, 0.05) is 47.6 Å². The summed E-state index contributed by atoms with van der Waals surface area (Å²) in [6, 6.07) is 22.9. The summed E-state index contributed by atoms with van der Waals surface area (Å²) in [5, 5.41) is 5.07. The number of hydrogen-bond acceptors (Lipinski definition) is 3. The van der Waals surface area contributed by atoms with Gasteiger partial charge >= 0.3 is 0 Å². The Morgan fingerprint density at radius 3 is 2.24 bits per heavy atom. The van der Waals surface area contributed by atoms with Crippen LogP contribution in [0.15, 0.2) is 72.9 Å². The summed E-state index contributed by atoms with van der Waals surface area (Å²) < 4.78 is 2.36. The number of pyridine rings is 1. The molecular formula is C34H38ClN5S. The van der Waals surface area contributed by atoms with Crippen molar-refractivity contribution in [2.24, 2.45) is 11.8 Å². The summed E-state index contributed by atoms with van der Waals surface area (Å²) in [5.74, 6) is 1.30. The second-order valence-corrected chi connectivity index (χ2v) is 12.7. The molecule has 7 heteroatoms. The highest BCUT2D eigenvalue weighted by Gasteiger charge is 2.43. The molecule has 5 nitrogen and oxygen atoms in total. The van der Waals surface area contributed by atoms with Crippen molar-refractivity contribution < 1.29 is 0 Å². The molecule has 4 aromatic rings. The number of piperidine rings is 1. The van der Waals surface area contributed by atoms with Gasteiger partial charge in [-0.25, -0.2) is 0 Å². The van der Waals surface area contributed by atoms with Crippen LogP contribution in [0.5, 0.6) is 0 Å². The second kappa shape index (κ2) is 11.1. The first-order valence-electron chi connectivity index (χ1n) is 14.5. The van der Waals surface area contributed by atoms with Crippen molar-refractivity contribution in [3.8, 4) is 5.69 Å². The molecule has 41 heavy (non-hydrogen) atoms. The Bertz CT molecular complexity index is 1560. The van der Waals surface area contributed by atoms with Gasteiger partial charge in [0.15, 0.2) is 5.11 Å². The first-order valence-corrected chi connectivity index (χ1v) is 15.3. The molecule has 4 atom stereocenters. The molecule has 2 aliphatic heterocycles. The zero-order chi connectivity index (χ0) is 28.8. The van der Waals surface area contributed by atoms with Crippen molar-refractivity contribution in [3.05, 3.63) is 106 Å². The minimum atomic E-state index is -0.116. The Hall–Kier alpha value is -3.35. The predicted molar refractivity (Wildman–Crippen MR) is 175 cm³/mol. The first-order chi connectivity index (χ1) is 19.7. The van der Waals surface area contributed by atoms with Crippen LogP contribution in [0, 0.1) is 32.6 Å². The molecule has 0 bridgehead atoms. The van der Waals surface area contributed by atoms with E-state index in [0.717, 1.165) is 40.9 Å². The normalized spacial score (nSPS) is 22.7. The molecule has 0 amide bonds. The lowest BCUT2D eigenvalue weighted by molar-refractivity contribution is 0.357. The maximum atomic E-state index is 7.05. The largest absolute Gasteiger partial charge is 0.370 e. The van der Waals surface area contributed by atoms with Gasteiger partial charge in [-0.15, -0.1) is 0 Å². The average molecular weight is 584 g/mol. The number of thiocarbonyl (C=S) groups is 1. The van der Waals surface area contributed by atoms with Gasteiger partial charge in [0.25, 0.3) is 0 Å². The van der Waals surface area contributed by atoms with E-state index in [1.165, 1.54) is 28.9 Å². The third kappa shape index (κ3) is 5.02. The van der Waals surface area contributed by atoms with Crippen LogP contribution in [0.3, 0.4) is 0 Å². The Labute approximate surface area is 254 Å². The standard InChI is InChI=1S/C34H38ClN5S/c1-21-17-22(2)20-38(19-21)30-15-14-27(18-28(30)35)40-33(32(37-34(40)41)29-13-9-10-16-36-29)31-23(3)24(4)39(25(31)5)26-11-7-6-8-12-26/h6-16,18,21-22,32-33H,17,19-20H2,1-5H3,(H,37,41)/t21-,22+,32-,33+/m0/s1. The van der Waals surface area contributed by atoms with E-state index in [0.29, 0.717) is 16.9 Å². The van der Waals surface area contributed by atoms with Gasteiger partial charge in [0.1, 0.15) is 0 Å². The first kappa shape index (κ1) is 27.8. The van der Waals surface area contributed by atoms with Gasteiger partial charge in [-0.05, 0) is 99.3 Å². The van der Waals surface area contributed by atoms with Crippen LogP contribution in [0.4, 0.5) is 11.4 Å². The molecule has 6 rings (SSSR count). The smallest absolute Gasteiger partial charge is 0.174 e. The number of halogens is 1. The second-order valence-electron chi connectivity index (χ2n) is 11.9. The van der Waals surface area contributed by atoms with Crippen molar-refractivity contribution in [1.82, 2.24) is 14.9 Å². The van der Waals surface area contributed by atoms with Crippen LogP contribution in [0.25, 0.3) is 5.69 Å². The van der Waals surface area contributed by atoms with Crippen molar-refractivity contribution in [3.63, 3.8) is 0 Å². The molecule has 0 aliphatic carbocycles. The van der Waals surface area contributed by atoms with E-state index in [9.17, 15) is 0 Å². The number of nitrogens with zero attached hydrogens (tertiary/aromatic N) is 4. The van der Waals surface area contributed by atoms with Crippen LogP contribution in [-0.2, 0) is 0 Å². The van der Waals surface area contributed by atoms with E-state index in [1.807, 2.05) is 18.3 Å².